The summed E-state index contributed by atoms with van der Waals surface area (Å²) < 4.78 is 13.5. The van der Waals surface area contributed by atoms with Crippen molar-refractivity contribution in [2.24, 2.45) is 29.6 Å². The van der Waals surface area contributed by atoms with Crippen molar-refractivity contribution < 1.29 is 14.0 Å². The lowest BCUT2D eigenvalue weighted by Gasteiger charge is -2.43. The van der Waals surface area contributed by atoms with Gasteiger partial charge in [-0.05, 0) is 66.1 Å². The number of anilines is 2. The third-order valence-electron chi connectivity index (χ3n) is 8.58. The Morgan fingerprint density at radius 3 is 2.28 bits per heavy atom. The van der Waals surface area contributed by atoms with Crippen molar-refractivity contribution >= 4 is 46.3 Å². The fraction of sp³-hybridized carbons (Fsp3) is 0.370. The number of nitrogens with zero attached hydrogens (tertiary/aromatic N) is 2. The summed E-state index contributed by atoms with van der Waals surface area (Å²) in [6.07, 6.45) is 0.845. The number of halogens is 1. The number of aromatic nitrogens is 1. The first kappa shape index (κ1) is 22.3. The topological polar surface area (TPSA) is 73.5 Å². The number of amides is 2. The van der Waals surface area contributed by atoms with E-state index in [9.17, 15) is 18.8 Å². The Labute approximate surface area is 215 Å². The Bertz CT molecular complexity index is 1450. The van der Waals surface area contributed by atoms with E-state index in [-0.39, 0.29) is 57.4 Å². The van der Waals surface area contributed by atoms with Gasteiger partial charge in [0.05, 0.1) is 22.5 Å². The first-order valence-electron chi connectivity index (χ1n) is 12.1. The standard InChI is InChI=1S/C27H24FN3O3S2/c1-30(2)14-7-3-12(4-8-14)18-19-16-11-17(22(19)35-24-23(18)36-27(34)29-24)21-20(16)25(32)31(26(21)33)15-9-5-13(28)6-10-15/h3-10,16-22H,11H2,1-2H3,(H,29,34)/t16-,17+,18-,19+,20+,21+,22-/m0/s1. The molecule has 0 radical (unpaired) electrons. The smallest absolute Gasteiger partial charge is 0.305 e. The van der Waals surface area contributed by atoms with Gasteiger partial charge in [-0.15, -0.1) is 11.8 Å². The molecule has 1 aromatic heterocycles. The molecule has 6 nitrogen and oxygen atoms in total. The van der Waals surface area contributed by atoms with Crippen LogP contribution in [0.4, 0.5) is 15.8 Å². The maximum atomic E-state index is 13.7. The summed E-state index contributed by atoms with van der Waals surface area (Å²) in [4.78, 5) is 47.1. The van der Waals surface area contributed by atoms with Crippen LogP contribution in [0.3, 0.4) is 0 Å². The van der Waals surface area contributed by atoms with Crippen molar-refractivity contribution in [1.29, 1.82) is 0 Å². The lowest BCUT2D eigenvalue weighted by atomic mass is 9.68. The van der Waals surface area contributed by atoms with Crippen molar-refractivity contribution in [3.63, 3.8) is 0 Å². The number of imide groups is 1. The zero-order valence-corrected chi connectivity index (χ0v) is 21.3. The van der Waals surface area contributed by atoms with E-state index >= 15 is 0 Å². The van der Waals surface area contributed by atoms with Gasteiger partial charge in [-0.25, -0.2) is 4.39 Å². The monoisotopic (exact) mass is 521 g/mol. The predicted molar refractivity (Wildman–Crippen MR) is 138 cm³/mol. The Hall–Kier alpha value is -2.91. The molecule has 7 atom stereocenters. The van der Waals surface area contributed by atoms with Crippen LogP contribution in [-0.4, -0.2) is 36.1 Å². The number of rotatable bonds is 3. The molecule has 3 heterocycles. The maximum Gasteiger partial charge on any atom is 0.305 e. The quantitative estimate of drug-likeness (QED) is 0.520. The van der Waals surface area contributed by atoms with E-state index in [2.05, 4.69) is 34.1 Å². The number of nitrogens with one attached hydrogen (secondary N) is 1. The summed E-state index contributed by atoms with van der Waals surface area (Å²) in [6, 6.07) is 14.1. The van der Waals surface area contributed by atoms with Crippen molar-refractivity contribution in [2.75, 3.05) is 23.9 Å². The van der Waals surface area contributed by atoms with Gasteiger partial charge in [0.1, 0.15) is 5.82 Å². The zero-order valence-electron chi connectivity index (χ0n) is 19.7. The Morgan fingerprint density at radius 2 is 1.61 bits per heavy atom. The first-order chi connectivity index (χ1) is 17.3. The highest BCUT2D eigenvalue weighted by atomic mass is 32.2. The number of hydrogen-bond acceptors (Lipinski definition) is 6. The van der Waals surface area contributed by atoms with Crippen LogP contribution < -0.4 is 14.7 Å². The molecule has 3 fully saturated rings. The van der Waals surface area contributed by atoms with Gasteiger partial charge in [0.15, 0.2) is 0 Å². The number of hydrogen-bond donors (Lipinski definition) is 1. The Kier molecular flexibility index (Phi) is 4.83. The van der Waals surface area contributed by atoms with Crippen LogP contribution >= 0.6 is 23.1 Å². The van der Waals surface area contributed by atoms with Crippen molar-refractivity contribution in [2.45, 2.75) is 22.6 Å². The summed E-state index contributed by atoms with van der Waals surface area (Å²) in [6.45, 7) is 0. The number of carbonyl (C=O) groups is 2. The molecule has 3 aromatic rings. The first-order valence-corrected chi connectivity index (χ1v) is 13.8. The summed E-state index contributed by atoms with van der Waals surface area (Å²) in [7, 11) is 4.01. The zero-order chi connectivity index (χ0) is 24.9. The van der Waals surface area contributed by atoms with Gasteiger partial charge < -0.3 is 9.88 Å². The van der Waals surface area contributed by atoms with Crippen LogP contribution in [0.15, 0.2) is 58.4 Å². The molecule has 2 saturated carbocycles. The number of H-pyrrole nitrogens is 1. The van der Waals surface area contributed by atoms with Crippen LogP contribution in [-0.2, 0) is 9.59 Å². The van der Waals surface area contributed by atoms with Crippen LogP contribution in [0.2, 0.25) is 0 Å². The molecular weight excluding hydrogens is 497 g/mol. The number of benzene rings is 2. The van der Waals surface area contributed by atoms with E-state index in [1.54, 1.807) is 11.8 Å². The Balaban J connectivity index is 1.31. The second kappa shape index (κ2) is 7.79. The second-order valence-corrected chi connectivity index (χ2v) is 12.6. The predicted octanol–water partition coefficient (Wildman–Crippen LogP) is 4.32. The number of carbonyl (C=O) groups excluding carboxylic acids is 2. The molecule has 184 valence electrons. The summed E-state index contributed by atoms with van der Waals surface area (Å²) in [5, 5.41) is 1.06. The van der Waals surface area contributed by atoms with E-state index in [1.807, 2.05) is 14.1 Å². The molecule has 2 amide bonds. The van der Waals surface area contributed by atoms with E-state index < -0.39 is 5.82 Å². The highest BCUT2D eigenvalue weighted by molar-refractivity contribution is 8.00. The van der Waals surface area contributed by atoms with E-state index in [0.717, 1.165) is 27.6 Å². The number of aromatic amines is 1. The van der Waals surface area contributed by atoms with Gasteiger partial charge in [-0.3, -0.25) is 19.3 Å². The lowest BCUT2D eigenvalue weighted by Crippen LogP contribution is -2.42. The van der Waals surface area contributed by atoms with Crippen molar-refractivity contribution in [3.8, 4) is 0 Å². The molecule has 1 N–H and O–H groups in total. The second-order valence-electron chi connectivity index (χ2n) is 10.4. The molecule has 2 aliphatic heterocycles. The maximum absolute atomic E-state index is 13.7. The molecule has 0 unspecified atom stereocenters. The molecule has 1 saturated heterocycles. The molecule has 9 heteroatoms. The molecule has 0 spiro atoms. The average molecular weight is 522 g/mol. The van der Waals surface area contributed by atoms with Crippen LogP contribution in [0.1, 0.15) is 22.8 Å². The third-order valence-corrected chi connectivity index (χ3v) is 11.2. The largest absolute Gasteiger partial charge is 0.378 e. The van der Waals surface area contributed by atoms with E-state index in [4.69, 9.17) is 0 Å². The fourth-order valence-corrected chi connectivity index (χ4v) is 10.1. The summed E-state index contributed by atoms with van der Waals surface area (Å²) >= 11 is 2.95. The minimum atomic E-state index is -0.399. The highest BCUT2D eigenvalue weighted by Crippen LogP contribution is 2.68. The van der Waals surface area contributed by atoms with Gasteiger partial charge in [-0.2, -0.15) is 0 Å². The van der Waals surface area contributed by atoms with Gasteiger partial charge in [0, 0.05) is 35.8 Å². The Morgan fingerprint density at radius 1 is 0.944 bits per heavy atom. The molecule has 7 rings (SSSR count). The van der Waals surface area contributed by atoms with Crippen molar-refractivity contribution in [3.05, 3.63) is 74.5 Å². The van der Waals surface area contributed by atoms with Crippen LogP contribution in [0, 0.1) is 35.4 Å². The molecule has 2 aliphatic carbocycles. The van der Waals surface area contributed by atoms with Gasteiger partial charge in [0.2, 0.25) is 11.8 Å². The minimum absolute atomic E-state index is 0.00476. The van der Waals surface area contributed by atoms with Gasteiger partial charge in [-0.1, -0.05) is 23.5 Å². The van der Waals surface area contributed by atoms with Crippen LogP contribution in [0.25, 0.3) is 0 Å². The SMILES string of the molecule is CN(C)c1ccc([C@@H]2c3sc(=O)[nH]c3S[C@H]3[C@@H]4C[C@H]([C@H]5C(=O)N(c6ccc(F)cc6)C(=O)[C@H]45)[C@H]23)cc1. The molecule has 36 heavy (non-hydrogen) atoms. The average Bonchev–Trinajstić information content (AvgIpc) is 3.59. The fourth-order valence-electron chi connectivity index (χ4n) is 7.21. The molecule has 4 aliphatic rings. The normalized spacial score (nSPS) is 32.0. The molecular formula is C27H24FN3O3S2. The van der Waals surface area contributed by atoms with E-state index in [0.29, 0.717) is 5.69 Å². The summed E-state index contributed by atoms with van der Waals surface area (Å²) in [5.74, 6) is -1.16. The highest BCUT2D eigenvalue weighted by Gasteiger charge is 2.69. The minimum Gasteiger partial charge on any atom is -0.378 e. The van der Waals surface area contributed by atoms with Crippen LogP contribution in [0.5, 0.6) is 0 Å². The summed E-state index contributed by atoms with van der Waals surface area (Å²) in [5.41, 5.74) is 2.68. The number of thiazole rings is 1. The van der Waals surface area contributed by atoms with Gasteiger partial charge in [0.25, 0.3) is 0 Å². The molecule has 2 bridgehead atoms. The third kappa shape index (κ3) is 2.99. The van der Waals surface area contributed by atoms with Gasteiger partial charge >= 0.3 is 4.87 Å². The van der Waals surface area contributed by atoms with E-state index in [1.165, 1.54) is 40.5 Å². The lowest BCUT2D eigenvalue weighted by molar-refractivity contribution is -0.123. The number of thioether (sulfide) groups is 1. The van der Waals surface area contributed by atoms with Crippen molar-refractivity contribution in [1.82, 2.24) is 4.98 Å². The number of fused-ring (bicyclic) bond motifs is 9. The molecule has 2 aromatic carbocycles.